The van der Waals surface area contributed by atoms with E-state index in [1.165, 1.54) is 6.08 Å². The fraction of sp³-hybridized carbons (Fsp3) is 0.467. The zero-order chi connectivity index (χ0) is 14.7. The predicted molar refractivity (Wildman–Crippen MR) is 74.1 cm³/mol. The fourth-order valence-electron chi connectivity index (χ4n) is 2.54. The van der Waals surface area contributed by atoms with E-state index in [2.05, 4.69) is 4.57 Å². The molecule has 5 nitrogen and oxygen atoms in total. The van der Waals surface area contributed by atoms with Gasteiger partial charge in [-0.2, -0.15) is 5.26 Å². The lowest BCUT2D eigenvalue weighted by Crippen LogP contribution is -2.16. The van der Waals surface area contributed by atoms with Gasteiger partial charge in [-0.3, -0.25) is 0 Å². The number of aryl methyl sites for hydroxylation is 1. The first kappa shape index (κ1) is 14.4. The first-order valence-corrected chi connectivity index (χ1v) is 6.66. The molecule has 1 aromatic rings. The van der Waals surface area contributed by atoms with Gasteiger partial charge >= 0.3 is 5.97 Å². The van der Waals surface area contributed by atoms with Crippen LogP contribution in [-0.2, 0) is 16.1 Å². The number of aliphatic carboxylic acids is 1. The van der Waals surface area contributed by atoms with Crippen molar-refractivity contribution in [2.45, 2.75) is 39.3 Å². The molecule has 2 rings (SSSR count). The van der Waals surface area contributed by atoms with Crippen LogP contribution in [0.4, 0.5) is 0 Å². The van der Waals surface area contributed by atoms with Gasteiger partial charge in [0, 0.05) is 24.5 Å². The first-order chi connectivity index (χ1) is 9.52. The largest absolute Gasteiger partial charge is 0.477 e. The van der Waals surface area contributed by atoms with Crippen LogP contribution in [0.15, 0.2) is 11.6 Å². The molecule has 0 amide bonds. The van der Waals surface area contributed by atoms with Crippen LogP contribution in [0, 0.1) is 25.2 Å². The summed E-state index contributed by atoms with van der Waals surface area (Å²) in [5.41, 5.74) is 2.54. The standard InChI is InChI=1S/C15H18N2O3/c1-10-6-12(7-13(8-16)15(18)19)11(2)17(10)9-14-4-3-5-20-14/h6-7,14H,3-5,9H2,1-2H3,(H,18,19)/b13-7-/t14-/m1/s1. The number of carboxylic acid groups (broad SMARTS) is 1. The van der Waals surface area contributed by atoms with E-state index in [1.807, 2.05) is 19.9 Å². The summed E-state index contributed by atoms with van der Waals surface area (Å²) >= 11 is 0. The Kier molecular flexibility index (Phi) is 4.26. The van der Waals surface area contributed by atoms with Gasteiger partial charge in [0.25, 0.3) is 0 Å². The highest BCUT2D eigenvalue weighted by Gasteiger charge is 2.19. The molecule has 20 heavy (non-hydrogen) atoms. The number of aromatic nitrogens is 1. The summed E-state index contributed by atoms with van der Waals surface area (Å²) in [4.78, 5) is 10.9. The van der Waals surface area contributed by atoms with Crippen LogP contribution < -0.4 is 0 Å². The van der Waals surface area contributed by atoms with Crippen LogP contribution in [0.5, 0.6) is 0 Å². The molecule has 0 radical (unpaired) electrons. The molecule has 0 saturated carbocycles. The van der Waals surface area contributed by atoms with Crippen molar-refractivity contribution in [3.8, 4) is 6.07 Å². The maximum Gasteiger partial charge on any atom is 0.346 e. The van der Waals surface area contributed by atoms with Gasteiger partial charge in [0.05, 0.1) is 6.10 Å². The monoisotopic (exact) mass is 274 g/mol. The fourth-order valence-corrected chi connectivity index (χ4v) is 2.54. The molecule has 0 aromatic carbocycles. The Morgan fingerprint density at radius 2 is 2.40 bits per heavy atom. The lowest BCUT2D eigenvalue weighted by Gasteiger charge is -2.14. The van der Waals surface area contributed by atoms with Crippen molar-refractivity contribution in [2.24, 2.45) is 0 Å². The average Bonchev–Trinajstić information content (AvgIpc) is 3.00. The summed E-state index contributed by atoms with van der Waals surface area (Å²) in [6.45, 7) is 5.51. The summed E-state index contributed by atoms with van der Waals surface area (Å²) < 4.78 is 7.76. The third-order valence-corrected chi connectivity index (χ3v) is 3.67. The smallest absolute Gasteiger partial charge is 0.346 e. The van der Waals surface area contributed by atoms with Gasteiger partial charge in [-0.1, -0.05) is 0 Å². The van der Waals surface area contributed by atoms with E-state index in [4.69, 9.17) is 15.1 Å². The molecule has 1 aliphatic heterocycles. The van der Waals surface area contributed by atoms with E-state index in [1.54, 1.807) is 6.07 Å². The number of rotatable bonds is 4. The number of carbonyl (C=O) groups is 1. The lowest BCUT2D eigenvalue weighted by molar-refractivity contribution is -0.132. The Morgan fingerprint density at radius 3 is 2.95 bits per heavy atom. The summed E-state index contributed by atoms with van der Waals surface area (Å²) in [7, 11) is 0. The minimum atomic E-state index is -1.20. The zero-order valence-corrected chi connectivity index (χ0v) is 11.7. The summed E-state index contributed by atoms with van der Waals surface area (Å²) in [5.74, 6) is -1.20. The van der Waals surface area contributed by atoms with Crippen molar-refractivity contribution < 1.29 is 14.6 Å². The van der Waals surface area contributed by atoms with E-state index >= 15 is 0 Å². The first-order valence-electron chi connectivity index (χ1n) is 6.66. The van der Waals surface area contributed by atoms with E-state index < -0.39 is 5.97 Å². The van der Waals surface area contributed by atoms with Gasteiger partial charge in [0.1, 0.15) is 11.6 Å². The highest BCUT2D eigenvalue weighted by molar-refractivity contribution is 5.96. The molecular weight excluding hydrogens is 256 g/mol. The van der Waals surface area contributed by atoms with E-state index in [-0.39, 0.29) is 11.7 Å². The highest BCUT2D eigenvalue weighted by Crippen LogP contribution is 2.22. The van der Waals surface area contributed by atoms with Crippen LogP contribution in [0.3, 0.4) is 0 Å². The maximum atomic E-state index is 10.9. The van der Waals surface area contributed by atoms with Crippen molar-refractivity contribution in [1.82, 2.24) is 4.57 Å². The van der Waals surface area contributed by atoms with Crippen LogP contribution in [0.1, 0.15) is 29.8 Å². The molecule has 5 heteroatoms. The Labute approximate surface area is 118 Å². The van der Waals surface area contributed by atoms with E-state index in [0.29, 0.717) is 0 Å². The second kappa shape index (κ2) is 5.93. The zero-order valence-electron chi connectivity index (χ0n) is 11.7. The average molecular weight is 274 g/mol. The molecule has 0 unspecified atom stereocenters. The van der Waals surface area contributed by atoms with Gasteiger partial charge < -0.3 is 14.4 Å². The summed E-state index contributed by atoms with van der Waals surface area (Å²) in [5, 5.41) is 17.7. The molecule has 1 aliphatic rings. The minimum Gasteiger partial charge on any atom is -0.477 e. The van der Waals surface area contributed by atoms with Crippen LogP contribution in [-0.4, -0.2) is 28.4 Å². The van der Waals surface area contributed by atoms with Crippen LogP contribution in [0.25, 0.3) is 6.08 Å². The second-order valence-electron chi connectivity index (χ2n) is 5.05. The number of nitriles is 1. The van der Waals surface area contributed by atoms with Crippen molar-refractivity contribution >= 4 is 12.0 Å². The molecule has 106 valence electrons. The molecule has 1 N–H and O–H groups in total. The Balaban J connectivity index is 2.28. The molecule has 1 fully saturated rings. The number of hydrogen-bond acceptors (Lipinski definition) is 3. The van der Waals surface area contributed by atoms with Gasteiger partial charge in [-0.25, -0.2) is 4.79 Å². The van der Waals surface area contributed by atoms with Crippen molar-refractivity contribution in [1.29, 1.82) is 5.26 Å². The molecular formula is C15H18N2O3. The van der Waals surface area contributed by atoms with Crippen molar-refractivity contribution in [3.05, 3.63) is 28.6 Å². The Hall–Kier alpha value is -2.06. The third-order valence-electron chi connectivity index (χ3n) is 3.67. The van der Waals surface area contributed by atoms with Gasteiger partial charge in [-0.05, 0) is 44.4 Å². The van der Waals surface area contributed by atoms with Crippen LogP contribution >= 0.6 is 0 Å². The predicted octanol–water partition coefficient (Wildman–Crippen LogP) is 2.28. The van der Waals surface area contributed by atoms with E-state index in [0.717, 1.165) is 42.9 Å². The van der Waals surface area contributed by atoms with Crippen LogP contribution in [0.2, 0.25) is 0 Å². The van der Waals surface area contributed by atoms with Gasteiger partial charge in [0.2, 0.25) is 0 Å². The van der Waals surface area contributed by atoms with E-state index in [9.17, 15) is 4.79 Å². The van der Waals surface area contributed by atoms with Gasteiger partial charge in [-0.15, -0.1) is 0 Å². The third kappa shape index (κ3) is 2.91. The molecule has 0 bridgehead atoms. The maximum absolute atomic E-state index is 10.9. The number of carboxylic acids is 1. The van der Waals surface area contributed by atoms with Gasteiger partial charge in [0.15, 0.2) is 0 Å². The van der Waals surface area contributed by atoms with Crippen molar-refractivity contribution in [2.75, 3.05) is 6.61 Å². The lowest BCUT2D eigenvalue weighted by atomic mass is 10.1. The normalized spacial score (nSPS) is 19.1. The molecule has 1 atom stereocenters. The SMILES string of the molecule is Cc1cc(/C=C(/C#N)C(=O)O)c(C)n1C[C@H]1CCCO1. The summed E-state index contributed by atoms with van der Waals surface area (Å²) in [6, 6.07) is 3.61. The quantitative estimate of drug-likeness (QED) is 0.675. The Bertz CT molecular complexity index is 587. The summed E-state index contributed by atoms with van der Waals surface area (Å²) in [6.07, 6.45) is 3.80. The number of ether oxygens (including phenoxy) is 1. The molecule has 1 saturated heterocycles. The molecule has 1 aromatic heterocycles. The number of nitrogens with zero attached hydrogens (tertiary/aromatic N) is 2. The molecule has 0 spiro atoms. The number of hydrogen-bond donors (Lipinski definition) is 1. The molecule has 2 heterocycles. The topological polar surface area (TPSA) is 75.3 Å². The Morgan fingerprint density at radius 1 is 1.65 bits per heavy atom. The molecule has 0 aliphatic carbocycles. The second-order valence-corrected chi connectivity index (χ2v) is 5.05. The minimum absolute atomic E-state index is 0.228. The van der Waals surface area contributed by atoms with Crippen molar-refractivity contribution in [3.63, 3.8) is 0 Å². The highest BCUT2D eigenvalue weighted by atomic mass is 16.5.